The molecule has 0 aliphatic carbocycles. The second-order valence-electron chi connectivity index (χ2n) is 5.70. The van der Waals surface area contributed by atoms with Gasteiger partial charge in [0.25, 0.3) is 0 Å². The van der Waals surface area contributed by atoms with Crippen LogP contribution in [-0.2, 0) is 0 Å². The molecular formula is C16H23FN2S. The molecule has 1 saturated heterocycles. The molecule has 0 bridgehead atoms. The van der Waals surface area contributed by atoms with Crippen LogP contribution in [0, 0.1) is 5.82 Å². The van der Waals surface area contributed by atoms with Crippen LogP contribution in [0.2, 0.25) is 0 Å². The minimum atomic E-state index is -0.0592. The third-order valence-corrected chi connectivity index (χ3v) is 5.43. The van der Waals surface area contributed by atoms with Crippen LogP contribution in [0.15, 0.2) is 23.1 Å². The highest BCUT2D eigenvalue weighted by atomic mass is 32.2. The Morgan fingerprint density at radius 3 is 3.00 bits per heavy atom. The molecule has 110 valence electrons. The lowest BCUT2D eigenvalue weighted by atomic mass is 10.0. The molecule has 1 aromatic rings. The van der Waals surface area contributed by atoms with Crippen LogP contribution >= 0.6 is 11.8 Å². The van der Waals surface area contributed by atoms with Crippen molar-refractivity contribution >= 4 is 11.8 Å². The second-order valence-corrected chi connectivity index (χ2v) is 6.81. The highest BCUT2D eigenvalue weighted by Gasteiger charge is 2.22. The number of thioether (sulfide) groups is 1. The molecule has 0 amide bonds. The van der Waals surface area contributed by atoms with Crippen molar-refractivity contribution in [2.75, 3.05) is 31.9 Å². The molecule has 4 heteroatoms. The molecule has 1 N–H and O–H groups in total. The van der Waals surface area contributed by atoms with Crippen molar-refractivity contribution in [3.63, 3.8) is 0 Å². The first-order valence-corrected chi connectivity index (χ1v) is 8.70. The zero-order chi connectivity index (χ0) is 13.8. The Bertz CT molecular complexity index is 446. The lowest BCUT2D eigenvalue weighted by molar-refractivity contribution is 0.326. The first-order valence-electron chi connectivity index (χ1n) is 7.71. The van der Waals surface area contributed by atoms with E-state index in [-0.39, 0.29) is 5.82 Å². The van der Waals surface area contributed by atoms with Crippen molar-refractivity contribution in [1.82, 2.24) is 10.2 Å². The van der Waals surface area contributed by atoms with E-state index in [0.717, 1.165) is 29.2 Å². The van der Waals surface area contributed by atoms with Crippen LogP contribution in [0.3, 0.4) is 0 Å². The Morgan fingerprint density at radius 1 is 1.30 bits per heavy atom. The smallest absolute Gasteiger partial charge is 0.137 e. The summed E-state index contributed by atoms with van der Waals surface area (Å²) < 4.78 is 13.8. The highest BCUT2D eigenvalue weighted by molar-refractivity contribution is 7.99. The minimum absolute atomic E-state index is 0.0592. The monoisotopic (exact) mass is 294 g/mol. The van der Waals surface area contributed by atoms with Crippen LogP contribution in [-0.4, -0.2) is 36.8 Å². The summed E-state index contributed by atoms with van der Waals surface area (Å²) in [5.74, 6) is 0.952. The number of hydrogen-bond acceptors (Lipinski definition) is 3. The Hall–Kier alpha value is -0.580. The maximum atomic E-state index is 13.8. The van der Waals surface area contributed by atoms with Gasteiger partial charge in [-0.1, -0.05) is 12.1 Å². The summed E-state index contributed by atoms with van der Waals surface area (Å²) in [6, 6.07) is 5.81. The summed E-state index contributed by atoms with van der Waals surface area (Å²) in [7, 11) is 0. The first-order chi connectivity index (χ1) is 9.84. The Morgan fingerprint density at radius 2 is 2.15 bits per heavy atom. The average molecular weight is 294 g/mol. The van der Waals surface area contributed by atoms with E-state index in [0.29, 0.717) is 6.04 Å². The predicted molar refractivity (Wildman–Crippen MR) is 82.8 cm³/mol. The standard InChI is InChI=1S/C16H23FN2S/c17-14-6-3-5-13-15(7-12-20-16(13)14)18-8-4-11-19-9-1-2-10-19/h3,5-6,15,18H,1-2,4,7-12H2. The molecule has 0 saturated carbocycles. The SMILES string of the molecule is Fc1cccc2c1SCCC2NCCCN1CCCC1. The Balaban J connectivity index is 1.50. The van der Waals surface area contributed by atoms with E-state index in [1.807, 2.05) is 6.07 Å². The van der Waals surface area contributed by atoms with Gasteiger partial charge in [0.05, 0.1) is 0 Å². The summed E-state index contributed by atoms with van der Waals surface area (Å²) in [6.07, 6.45) is 5.01. The van der Waals surface area contributed by atoms with Crippen molar-refractivity contribution in [3.05, 3.63) is 29.6 Å². The summed E-state index contributed by atoms with van der Waals surface area (Å²) in [5.41, 5.74) is 1.16. The van der Waals surface area contributed by atoms with E-state index in [1.54, 1.807) is 17.8 Å². The van der Waals surface area contributed by atoms with E-state index >= 15 is 0 Å². The minimum Gasteiger partial charge on any atom is -0.310 e. The summed E-state index contributed by atoms with van der Waals surface area (Å²) in [4.78, 5) is 3.40. The molecule has 2 aliphatic heterocycles. The largest absolute Gasteiger partial charge is 0.310 e. The number of nitrogens with one attached hydrogen (secondary N) is 1. The van der Waals surface area contributed by atoms with Crippen LogP contribution in [0.5, 0.6) is 0 Å². The molecule has 3 rings (SSSR count). The number of fused-ring (bicyclic) bond motifs is 1. The first kappa shape index (κ1) is 14.4. The van der Waals surface area contributed by atoms with Gasteiger partial charge in [-0.2, -0.15) is 0 Å². The van der Waals surface area contributed by atoms with Crippen molar-refractivity contribution < 1.29 is 4.39 Å². The van der Waals surface area contributed by atoms with Gasteiger partial charge in [-0.15, -0.1) is 11.8 Å². The number of nitrogens with zero attached hydrogens (tertiary/aromatic N) is 1. The van der Waals surface area contributed by atoms with Gasteiger partial charge in [-0.3, -0.25) is 0 Å². The zero-order valence-corrected chi connectivity index (χ0v) is 12.7. The van der Waals surface area contributed by atoms with Crippen LogP contribution < -0.4 is 5.32 Å². The predicted octanol–water partition coefficient (Wildman–Crippen LogP) is 3.44. The summed E-state index contributed by atoms with van der Waals surface area (Å²) in [6.45, 7) is 4.77. The Kier molecular flexibility index (Phi) is 4.97. The highest BCUT2D eigenvalue weighted by Crippen LogP contribution is 2.37. The summed E-state index contributed by atoms with van der Waals surface area (Å²) >= 11 is 1.66. The third-order valence-electron chi connectivity index (χ3n) is 4.27. The molecule has 0 aromatic heterocycles. The van der Waals surface area contributed by atoms with E-state index in [4.69, 9.17) is 0 Å². The molecule has 2 heterocycles. The fourth-order valence-corrected chi connectivity index (χ4v) is 4.32. The third kappa shape index (κ3) is 3.35. The Labute approximate surface area is 125 Å². The van der Waals surface area contributed by atoms with Crippen molar-refractivity contribution in [2.24, 2.45) is 0 Å². The van der Waals surface area contributed by atoms with E-state index in [9.17, 15) is 4.39 Å². The number of hydrogen-bond donors (Lipinski definition) is 1. The molecule has 1 unspecified atom stereocenters. The molecule has 1 atom stereocenters. The second kappa shape index (κ2) is 6.92. The molecule has 0 spiro atoms. The number of halogens is 1. The molecule has 1 fully saturated rings. The molecule has 1 aromatic carbocycles. The molecular weight excluding hydrogens is 271 g/mol. The van der Waals surface area contributed by atoms with Crippen LogP contribution in [0.25, 0.3) is 0 Å². The van der Waals surface area contributed by atoms with Crippen molar-refractivity contribution in [1.29, 1.82) is 0 Å². The zero-order valence-electron chi connectivity index (χ0n) is 11.9. The fourth-order valence-electron chi connectivity index (χ4n) is 3.18. The molecule has 0 radical (unpaired) electrons. The van der Waals surface area contributed by atoms with Crippen LogP contribution in [0.1, 0.15) is 37.3 Å². The average Bonchev–Trinajstić information content (AvgIpc) is 2.98. The van der Waals surface area contributed by atoms with E-state index < -0.39 is 0 Å². The summed E-state index contributed by atoms with van der Waals surface area (Å²) in [5, 5.41) is 3.62. The van der Waals surface area contributed by atoms with Crippen molar-refractivity contribution in [3.8, 4) is 0 Å². The van der Waals surface area contributed by atoms with Gasteiger partial charge in [-0.05, 0) is 69.2 Å². The quantitative estimate of drug-likeness (QED) is 0.838. The maximum absolute atomic E-state index is 13.8. The number of rotatable bonds is 5. The number of likely N-dealkylation sites (tertiary alicyclic amines) is 1. The van der Waals surface area contributed by atoms with Gasteiger partial charge < -0.3 is 10.2 Å². The topological polar surface area (TPSA) is 15.3 Å². The van der Waals surface area contributed by atoms with Gasteiger partial charge in [-0.25, -0.2) is 4.39 Å². The van der Waals surface area contributed by atoms with Gasteiger partial charge in [0.1, 0.15) is 5.82 Å². The van der Waals surface area contributed by atoms with E-state index in [1.165, 1.54) is 38.9 Å². The van der Waals surface area contributed by atoms with E-state index in [2.05, 4.69) is 16.3 Å². The lowest BCUT2D eigenvalue weighted by Crippen LogP contribution is -2.29. The van der Waals surface area contributed by atoms with Gasteiger partial charge in [0.15, 0.2) is 0 Å². The van der Waals surface area contributed by atoms with Gasteiger partial charge >= 0.3 is 0 Å². The molecule has 2 aliphatic rings. The van der Waals surface area contributed by atoms with Crippen LogP contribution in [0.4, 0.5) is 4.39 Å². The fraction of sp³-hybridized carbons (Fsp3) is 0.625. The lowest BCUT2D eigenvalue weighted by Gasteiger charge is -2.26. The normalized spacial score (nSPS) is 22.9. The molecule has 20 heavy (non-hydrogen) atoms. The van der Waals surface area contributed by atoms with Gasteiger partial charge in [0, 0.05) is 10.9 Å². The van der Waals surface area contributed by atoms with Crippen molar-refractivity contribution in [2.45, 2.75) is 36.6 Å². The van der Waals surface area contributed by atoms with Gasteiger partial charge in [0.2, 0.25) is 0 Å². The number of benzene rings is 1. The molecule has 2 nitrogen and oxygen atoms in total. The maximum Gasteiger partial charge on any atom is 0.137 e.